The number of hydrogen-bond donors (Lipinski definition) is 0. The zero-order valence-electron chi connectivity index (χ0n) is 9.26. The van der Waals surface area contributed by atoms with Crippen LogP contribution in [0.25, 0.3) is 0 Å². The van der Waals surface area contributed by atoms with Gasteiger partial charge in [-0.05, 0) is 18.3 Å². The number of nitrogens with zero attached hydrogens (tertiary/aromatic N) is 1. The van der Waals surface area contributed by atoms with E-state index in [0.717, 1.165) is 12.8 Å². The first-order valence-electron chi connectivity index (χ1n) is 4.85. The molecule has 0 aliphatic heterocycles. The Morgan fingerprint density at radius 2 is 1.85 bits per heavy atom. The van der Waals surface area contributed by atoms with Gasteiger partial charge in [0.15, 0.2) is 0 Å². The van der Waals surface area contributed by atoms with Crippen molar-refractivity contribution in [3.05, 3.63) is 12.7 Å². The number of carbonyl (C=O) groups excluding carboxylic acids is 1. The summed E-state index contributed by atoms with van der Waals surface area (Å²) >= 11 is 0. The van der Waals surface area contributed by atoms with Crippen LogP contribution in [0.15, 0.2) is 12.7 Å². The monoisotopic (exact) mass is 183 g/mol. The second kappa shape index (κ2) is 5.05. The second-order valence-corrected chi connectivity index (χ2v) is 3.74. The molecule has 0 rings (SSSR count). The first kappa shape index (κ1) is 12.2. The molecule has 0 aromatic rings. The third kappa shape index (κ3) is 3.21. The largest absolute Gasteiger partial charge is 0.349 e. The Labute approximate surface area is 81.6 Å². The first-order valence-corrected chi connectivity index (χ1v) is 4.85. The van der Waals surface area contributed by atoms with Gasteiger partial charge in [-0.25, -0.2) is 0 Å². The van der Waals surface area contributed by atoms with E-state index in [9.17, 15) is 4.79 Å². The Morgan fingerprint density at radius 1 is 1.38 bits per heavy atom. The fourth-order valence-corrected chi connectivity index (χ4v) is 1.32. The van der Waals surface area contributed by atoms with E-state index in [1.54, 1.807) is 19.0 Å². The highest BCUT2D eigenvalue weighted by Gasteiger charge is 2.26. The normalized spacial score (nSPS) is 11.1. The molecule has 0 aromatic carbocycles. The summed E-state index contributed by atoms with van der Waals surface area (Å²) in [7, 11) is 3.59. The summed E-state index contributed by atoms with van der Waals surface area (Å²) in [5.74, 6) is 0.184. The molecule has 0 heterocycles. The molecule has 0 spiro atoms. The third-order valence-electron chi connectivity index (χ3n) is 2.84. The lowest BCUT2D eigenvalue weighted by Crippen LogP contribution is -2.29. The molecule has 0 atom stereocenters. The Morgan fingerprint density at radius 3 is 2.08 bits per heavy atom. The van der Waals surface area contributed by atoms with Gasteiger partial charge in [0, 0.05) is 20.5 Å². The SMILES string of the molecule is C=CC(CC)(CC)CC(=O)N(C)C. The van der Waals surface area contributed by atoms with Crippen LogP contribution in [0.2, 0.25) is 0 Å². The van der Waals surface area contributed by atoms with E-state index in [1.165, 1.54) is 0 Å². The van der Waals surface area contributed by atoms with Gasteiger partial charge in [-0.3, -0.25) is 4.79 Å². The summed E-state index contributed by atoms with van der Waals surface area (Å²) in [4.78, 5) is 13.2. The van der Waals surface area contributed by atoms with Gasteiger partial charge >= 0.3 is 0 Å². The van der Waals surface area contributed by atoms with E-state index >= 15 is 0 Å². The van der Waals surface area contributed by atoms with Gasteiger partial charge in [-0.2, -0.15) is 0 Å². The standard InChI is InChI=1S/C11H21NO/c1-6-11(7-2,8-3)9-10(13)12(4)5/h6H,1,7-9H2,2-5H3. The molecule has 0 unspecified atom stereocenters. The van der Waals surface area contributed by atoms with Crippen molar-refractivity contribution in [3.8, 4) is 0 Å². The zero-order valence-corrected chi connectivity index (χ0v) is 9.26. The quantitative estimate of drug-likeness (QED) is 0.599. The molecule has 0 aliphatic carbocycles. The van der Waals surface area contributed by atoms with Crippen LogP contribution in [-0.4, -0.2) is 24.9 Å². The van der Waals surface area contributed by atoms with Crippen molar-refractivity contribution in [1.29, 1.82) is 0 Å². The molecular weight excluding hydrogens is 162 g/mol. The zero-order chi connectivity index (χ0) is 10.5. The molecule has 2 nitrogen and oxygen atoms in total. The lowest BCUT2D eigenvalue weighted by molar-refractivity contribution is -0.130. The predicted molar refractivity (Wildman–Crippen MR) is 56.5 cm³/mol. The minimum atomic E-state index is 0.00134. The average Bonchev–Trinajstić information content (AvgIpc) is 2.14. The van der Waals surface area contributed by atoms with Gasteiger partial charge in [0.05, 0.1) is 0 Å². The fraction of sp³-hybridized carbons (Fsp3) is 0.727. The van der Waals surface area contributed by atoms with E-state index < -0.39 is 0 Å². The molecule has 76 valence electrons. The summed E-state index contributed by atoms with van der Waals surface area (Å²) in [5.41, 5.74) is 0.00134. The van der Waals surface area contributed by atoms with Gasteiger partial charge in [0.2, 0.25) is 5.91 Å². The molecule has 1 amide bonds. The van der Waals surface area contributed by atoms with Crippen LogP contribution in [0.1, 0.15) is 33.1 Å². The number of rotatable bonds is 5. The van der Waals surface area contributed by atoms with Crippen LogP contribution >= 0.6 is 0 Å². The molecule has 13 heavy (non-hydrogen) atoms. The van der Waals surface area contributed by atoms with E-state index in [0.29, 0.717) is 6.42 Å². The molecule has 0 aliphatic rings. The summed E-state index contributed by atoms with van der Waals surface area (Å²) in [6.45, 7) is 8.03. The Bertz CT molecular complexity index is 181. The van der Waals surface area contributed by atoms with Crippen LogP contribution in [-0.2, 0) is 4.79 Å². The summed E-state index contributed by atoms with van der Waals surface area (Å²) in [6, 6.07) is 0. The third-order valence-corrected chi connectivity index (χ3v) is 2.84. The van der Waals surface area contributed by atoms with Crippen LogP contribution in [0.4, 0.5) is 0 Å². The van der Waals surface area contributed by atoms with Crippen molar-refractivity contribution in [3.63, 3.8) is 0 Å². The predicted octanol–water partition coefficient (Wildman–Crippen LogP) is 2.46. The minimum absolute atomic E-state index is 0.00134. The lowest BCUT2D eigenvalue weighted by atomic mass is 9.79. The maximum atomic E-state index is 11.5. The van der Waals surface area contributed by atoms with Gasteiger partial charge in [-0.15, -0.1) is 6.58 Å². The van der Waals surface area contributed by atoms with Crippen LogP contribution in [0.3, 0.4) is 0 Å². The van der Waals surface area contributed by atoms with Gasteiger partial charge in [0.1, 0.15) is 0 Å². The summed E-state index contributed by atoms with van der Waals surface area (Å²) in [5, 5.41) is 0. The molecule has 2 heteroatoms. The Kier molecular flexibility index (Phi) is 4.74. The average molecular weight is 183 g/mol. The van der Waals surface area contributed by atoms with Crippen molar-refractivity contribution < 1.29 is 4.79 Å². The molecule has 0 saturated carbocycles. The first-order chi connectivity index (χ1) is 6.01. The highest BCUT2D eigenvalue weighted by atomic mass is 16.2. The van der Waals surface area contributed by atoms with E-state index in [2.05, 4.69) is 20.4 Å². The van der Waals surface area contributed by atoms with E-state index in [4.69, 9.17) is 0 Å². The van der Waals surface area contributed by atoms with Crippen LogP contribution < -0.4 is 0 Å². The maximum absolute atomic E-state index is 11.5. The molecule has 0 N–H and O–H groups in total. The highest BCUT2D eigenvalue weighted by molar-refractivity contribution is 5.76. The molecule has 0 radical (unpaired) electrons. The lowest BCUT2D eigenvalue weighted by Gasteiger charge is -2.28. The molecule has 0 aromatic heterocycles. The molecule has 0 bridgehead atoms. The van der Waals surface area contributed by atoms with Crippen LogP contribution in [0, 0.1) is 5.41 Å². The van der Waals surface area contributed by atoms with Crippen molar-refractivity contribution >= 4 is 5.91 Å². The number of carbonyl (C=O) groups is 1. The Balaban J connectivity index is 4.42. The number of hydrogen-bond acceptors (Lipinski definition) is 1. The minimum Gasteiger partial charge on any atom is -0.349 e. The van der Waals surface area contributed by atoms with E-state index in [-0.39, 0.29) is 11.3 Å². The second-order valence-electron chi connectivity index (χ2n) is 3.74. The number of allylic oxidation sites excluding steroid dienone is 1. The highest BCUT2D eigenvalue weighted by Crippen LogP contribution is 2.32. The van der Waals surface area contributed by atoms with E-state index in [1.807, 2.05) is 6.08 Å². The van der Waals surface area contributed by atoms with Gasteiger partial charge in [-0.1, -0.05) is 19.9 Å². The van der Waals surface area contributed by atoms with Crippen LogP contribution in [0.5, 0.6) is 0 Å². The summed E-state index contributed by atoms with van der Waals surface area (Å²) < 4.78 is 0. The van der Waals surface area contributed by atoms with Crippen molar-refractivity contribution in [1.82, 2.24) is 4.90 Å². The molecule has 0 saturated heterocycles. The van der Waals surface area contributed by atoms with Gasteiger partial charge in [0.25, 0.3) is 0 Å². The fourth-order valence-electron chi connectivity index (χ4n) is 1.32. The Hall–Kier alpha value is -0.790. The maximum Gasteiger partial charge on any atom is 0.222 e. The topological polar surface area (TPSA) is 20.3 Å². The van der Waals surface area contributed by atoms with Crippen molar-refractivity contribution in [2.24, 2.45) is 5.41 Å². The van der Waals surface area contributed by atoms with Crippen molar-refractivity contribution in [2.45, 2.75) is 33.1 Å². The van der Waals surface area contributed by atoms with Gasteiger partial charge < -0.3 is 4.90 Å². The number of amides is 1. The molecular formula is C11H21NO. The smallest absolute Gasteiger partial charge is 0.222 e. The summed E-state index contributed by atoms with van der Waals surface area (Å²) in [6.07, 6.45) is 4.46. The van der Waals surface area contributed by atoms with Crippen molar-refractivity contribution in [2.75, 3.05) is 14.1 Å². The molecule has 0 fully saturated rings.